The highest BCUT2D eigenvalue weighted by atomic mass is 35.5. The van der Waals surface area contributed by atoms with Crippen LogP contribution in [0, 0.1) is 5.92 Å². The largest absolute Gasteiger partial charge is 0.264 e. The molecule has 1 N–H and O–H groups in total. The van der Waals surface area contributed by atoms with E-state index in [1.807, 2.05) is 6.07 Å². The Kier molecular flexibility index (Phi) is 5.37. The highest BCUT2D eigenvalue weighted by molar-refractivity contribution is 7.91. The van der Waals surface area contributed by atoms with Gasteiger partial charge in [0.2, 0.25) is 0 Å². The summed E-state index contributed by atoms with van der Waals surface area (Å²) < 4.78 is 28.3. The van der Waals surface area contributed by atoms with Crippen LogP contribution in [0.25, 0.3) is 0 Å². The van der Waals surface area contributed by atoms with E-state index in [-0.39, 0.29) is 10.3 Å². The molecule has 0 unspecified atom stereocenters. The number of halogens is 1. The van der Waals surface area contributed by atoms with Crippen LogP contribution in [0.3, 0.4) is 0 Å². The van der Waals surface area contributed by atoms with Crippen molar-refractivity contribution in [2.75, 3.05) is 0 Å². The Labute approximate surface area is 134 Å². The summed E-state index contributed by atoms with van der Waals surface area (Å²) in [5, 5.41) is 0. The topological polar surface area (TPSA) is 59.1 Å². The molecule has 0 aliphatic rings. The van der Waals surface area contributed by atoms with Crippen LogP contribution in [0.5, 0.6) is 0 Å². The second kappa shape index (κ2) is 6.87. The van der Waals surface area contributed by atoms with Gasteiger partial charge in [0, 0.05) is 18.4 Å². The maximum absolute atomic E-state index is 12.4. The molecule has 0 aliphatic carbocycles. The normalized spacial score (nSPS) is 13.5. The molecule has 2 rings (SSSR count). The number of hydrogen-bond acceptors (Lipinski definition) is 4. The zero-order valence-corrected chi connectivity index (χ0v) is 14.2. The zero-order chi connectivity index (χ0) is 15.5. The average molecular weight is 345 g/mol. The summed E-state index contributed by atoms with van der Waals surface area (Å²) in [6.45, 7) is 4.11. The van der Waals surface area contributed by atoms with Crippen molar-refractivity contribution in [2.24, 2.45) is 5.92 Å². The third kappa shape index (κ3) is 4.51. The second-order valence-electron chi connectivity index (χ2n) is 5.15. The molecule has 7 heteroatoms. The van der Waals surface area contributed by atoms with E-state index < -0.39 is 10.0 Å². The van der Waals surface area contributed by atoms with Crippen molar-refractivity contribution >= 4 is 33.0 Å². The zero-order valence-electron chi connectivity index (χ0n) is 11.8. The first-order valence-corrected chi connectivity index (χ1v) is 9.24. The summed E-state index contributed by atoms with van der Waals surface area (Å²) in [6.07, 6.45) is 4.06. The fraction of sp³-hybridized carbons (Fsp3) is 0.357. The predicted octanol–water partition coefficient (Wildman–Crippen LogP) is 3.86. The van der Waals surface area contributed by atoms with E-state index in [4.69, 9.17) is 11.6 Å². The van der Waals surface area contributed by atoms with Gasteiger partial charge in [-0.1, -0.05) is 31.5 Å². The van der Waals surface area contributed by atoms with E-state index in [1.165, 1.54) is 6.07 Å². The van der Waals surface area contributed by atoms with Gasteiger partial charge >= 0.3 is 0 Å². The fourth-order valence-corrected chi connectivity index (χ4v) is 4.73. The lowest BCUT2D eigenvalue weighted by molar-refractivity contribution is 0.472. The quantitative estimate of drug-likeness (QED) is 0.865. The van der Waals surface area contributed by atoms with Gasteiger partial charge in [0.1, 0.15) is 4.21 Å². The molecule has 0 radical (unpaired) electrons. The van der Waals surface area contributed by atoms with Crippen LogP contribution in [-0.2, 0) is 10.0 Å². The SMILES string of the molecule is CC(C)C[C@H](NS(=O)(=O)c1ccc(Cl)s1)c1cccnc1. The molecule has 2 heterocycles. The van der Waals surface area contributed by atoms with Crippen LogP contribution in [0.15, 0.2) is 40.9 Å². The highest BCUT2D eigenvalue weighted by Gasteiger charge is 2.23. The van der Waals surface area contributed by atoms with Crippen molar-refractivity contribution in [3.8, 4) is 0 Å². The van der Waals surface area contributed by atoms with E-state index in [2.05, 4.69) is 23.6 Å². The minimum Gasteiger partial charge on any atom is -0.264 e. The van der Waals surface area contributed by atoms with Crippen LogP contribution in [0.1, 0.15) is 31.9 Å². The Morgan fingerprint density at radius 1 is 1.33 bits per heavy atom. The van der Waals surface area contributed by atoms with Crippen LogP contribution in [0.2, 0.25) is 4.34 Å². The summed E-state index contributed by atoms with van der Waals surface area (Å²) >= 11 is 6.87. The van der Waals surface area contributed by atoms with Gasteiger partial charge in [-0.25, -0.2) is 13.1 Å². The minimum atomic E-state index is -3.58. The van der Waals surface area contributed by atoms with Gasteiger partial charge in [-0.05, 0) is 36.1 Å². The first-order chi connectivity index (χ1) is 9.88. The van der Waals surface area contributed by atoms with E-state index in [9.17, 15) is 8.42 Å². The van der Waals surface area contributed by atoms with Gasteiger partial charge in [-0.15, -0.1) is 11.3 Å². The summed E-state index contributed by atoms with van der Waals surface area (Å²) in [4.78, 5) is 4.07. The van der Waals surface area contributed by atoms with E-state index >= 15 is 0 Å². The fourth-order valence-electron chi connectivity index (χ4n) is 1.99. The number of pyridine rings is 1. The predicted molar refractivity (Wildman–Crippen MR) is 86.1 cm³/mol. The molecule has 4 nitrogen and oxygen atoms in total. The van der Waals surface area contributed by atoms with Crippen molar-refractivity contribution < 1.29 is 8.42 Å². The third-order valence-corrected chi connectivity index (χ3v) is 6.10. The standard InChI is InChI=1S/C14H17ClN2O2S2/c1-10(2)8-12(11-4-3-7-16-9-11)17-21(18,19)14-6-5-13(15)20-14/h3-7,9-10,12,17H,8H2,1-2H3/t12-/m0/s1. The molecule has 0 saturated carbocycles. The van der Waals surface area contributed by atoms with Crippen LogP contribution < -0.4 is 4.72 Å². The number of aromatic nitrogens is 1. The average Bonchev–Trinajstić information content (AvgIpc) is 2.86. The van der Waals surface area contributed by atoms with Gasteiger partial charge in [-0.2, -0.15) is 0 Å². The lowest BCUT2D eigenvalue weighted by Gasteiger charge is -2.20. The van der Waals surface area contributed by atoms with Crippen LogP contribution in [0.4, 0.5) is 0 Å². The number of thiophene rings is 1. The Morgan fingerprint density at radius 3 is 2.62 bits per heavy atom. The van der Waals surface area contributed by atoms with Crippen LogP contribution >= 0.6 is 22.9 Å². The van der Waals surface area contributed by atoms with Crippen molar-refractivity contribution in [3.05, 3.63) is 46.6 Å². The molecule has 0 spiro atoms. The van der Waals surface area contributed by atoms with Gasteiger partial charge in [-0.3, -0.25) is 4.98 Å². The highest BCUT2D eigenvalue weighted by Crippen LogP contribution is 2.28. The van der Waals surface area contributed by atoms with Gasteiger partial charge < -0.3 is 0 Å². The third-order valence-electron chi connectivity index (χ3n) is 2.90. The molecule has 0 aliphatic heterocycles. The summed E-state index contributed by atoms with van der Waals surface area (Å²) in [6, 6.07) is 6.49. The number of nitrogens with one attached hydrogen (secondary N) is 1. The minimum absolute atomic E-state index is 0.227. The Morgan fingerprint density at radius 2 is 2.10 bits per heavy atom. The smallest absolute Gasteiger partial charge is 0.250 e. The summed E-state index contributed by atoms with van der Waals surface area (Å²) in [5.41, 5.74) is 0.859. The molecule has 1 atom stereocenters. The Hall–Kier alpha value is -0.950. The molecule has 114 valence electrons. The van der Waals surface area contributed by atoms with Gasteiger partial charge in [0.15, 0.2) is 0 Å². The molecule has 0 amide bonds. The van der Waals surface area contributed by atoms with Crippen LogP contribution in [-0.4, -0.2) is 13.4 Å². The maximum Gasteiger partial charge on any atom is 0.250 e. The van der Waals surface area contributed by atoms with Gasteiger partial charge in [0.25, 0.3) is 10.0 Å². The molecule has 0 saturated heterocycles. The number of nitrogens with zero attached hydrogens (tertiary/aromatic N) is 1. The lowest BCUT2D eigenvalue weighted by atomic mass is 9.99. The van der Waals surface area contributed by atoms with Crippen molar-refractivity contribution in [1.29, 1.82) is 0 Å². The molecule has 0 bridgehead atoms. The second-order valence-corrected chi connectivity index (χ2v) is 8.80. The van der Waals surface area contributed by atoms with Crippen molar-refractivity contribution in [3.63, 3.8) is 0 Å². The van der Waals surface area contributed by atoms with Crippen molar-refractivity contribution in [2.45, 2.75) is 30.5 Å². The monoisotopic (exact) mass is 344 g/mol. The van der Waals surface area contributed by atoms with E-state index in [0.717, 1.165) is 16.9 Å². The molecule has 21 heavy (non-hydrogen) atoms. The van der Waals surface area contributed by atoms with E-state index in [0.29, 0.717) is 16.7 Å². The first kappa shape index (κ1) is 16.4. The number of rotatable bonds is 6. The molecular weight excluding hydrogens is 328 g/mol. The Bertz CT molecular complexity index is 684. The van der Waals surface area contributed by atoms with Gasteiger partial charge in [0.05, 0.1) is 4.34 Å². The summed E-state index contributed by atoms with van der Waals surface area (Å²) in [7, 11) is -3.58. The molecule has 0 aromatic carbocycles. The summed E-state index contributed by atoms with van der Waals surface area (Å²) in [5.74, 6) is 0.352. The molecular formula is C14H17ClN2O2S2. The Balaban J connectivity index is 2.27. The number of hydrogen-bond donors (Lipinski definition) is 1. The molecule has 2 aromatic rings. The number of sulfonamides is 1. The molecule has 2 aromatic heterocycles. The van der Waals surface area contributed by atoms with Crippen molar-refractivity contribution in [1.82, 2.24) is 9.71 Å². The molecule has 0 fully saturated rings. The van der Waals surface area contributed by atoms with E-state index in [1.54, 1.807) is 24.5 Å². The first-order valence-electron chi connectivity index (χ1n) is 6.56. The lowest BCUT2D eigenvalue weighted by Crippen LogP contribution is -2.29. The maximum atomic E-state index is 12.4.